The molecule has 0 radical (unpaired) electrons. The number of aliphatic imine (C=N–C) groups is 3. The molecule has 0 aromatic heterocycles. The smallest absolute Gasteiger partial charge is 0.328 e. The van der Waals surface area contributed by atoms with E-state index in [-0.39, 0.29) is 0 Å². The van der Waals surface area contributed by atoms with Gasteiger partial charge in [-0.25, -0.2) is 14.4 Å². The molecule has 0 fully saturated rings. The molecule has 3 aliphatic heterocycles. The zero-order valence-corrected chi connectivity index (χ0v) is 17.4. The number of carboxylic acids is 3. The first-order valence-corrected chi connectivity index (χ1v) is 9.61. The molecule has 3 atom stereocenters. The lowest BCUT2D eigenvalue weighted by atomic mass is 10.1. The Hall–Kier alpha value is -3.18. The van der Waals surface area contributed by atoms with Crippen LogP contribution in [0.1, 0.15) is 40.0 Å². The average Bonchev–Trinajstić information content (AvgIpc) is 2.99. The van der Waals surface area contributed by atoms with Gasteiger partial charge in [-0.1, -0.05) is 0 Å². The van der Waals surface area contributed by atoms with Crippen molar-refractivity contribution in [3.63, 3.8) is 0 Å². The fourth-order valence-corrected chi connectivity index (χ4v) is 2.73. The van der Waals surface area contributed by atoms with Crippen LogP contribution < -0.4 is 16.0 Å². The highest BCUT2D eigenvalue weighted by molar-refractivity contribution is 5.88. The van der Waals surface area contributed by atoms with E-state index in [9.17, 15) is 14.4 Å². The third-order valence-electron chi connectivity index (χ3n) is 4.32. The Morgan fingerprint density at radius 1 is 0.700 bits per heavy atom. The zero-order valence-electron chi connectivity index (χ0n) is 17.4. The minimum absolute atomic E-state index is 0.362. The molecule has 0 aromatic rings. The third-order valence-corrected chi connectivity index (χ3v) is 4.32. The summed E-state index contributed by atoms with van der Waals surface area (Å²) in [5.74, 6) is -0.262. The van der Waals surface area contributed by atoms with Crippen molar-refractivity contribution >= 4 is 35.4 Å². The number of nitrogens with one attached hydrogen (secondary N) is 3. The van der Waals surface area contributed by atoms with E-state index in [1.54, 1.807) is 20.8 Å². The lowest BCUT2D eigenvalue weighted by Crippen LogP contribution is -2.42. The molecule has 0 aliphatic carbocycles. The fraction of sp³-hybridized carbons (Fsp3) is 0.667. The van der Waals surface area contributed by atoms with Crippen LogP contribution >= 0.6 is 0 Å². The molecule has 12 nitrogen and oxygen atoms in total. The number of nitrogens with zero attached hydrogens (tertiary/aromatic N) is 3. The third kappa shape index (κ3) is 9.34. The van der Waals surface area contributed by atoms with Gasteiger partial charge in [-0.2, -0.15) is 0 Å². The van der Waals surface area contributed by atoms with Crippen LogP contribution in [0, 0.1) is 0 Å². The largest absolute Gasteiger partial charge is 0.480 e. The molecule has 0 saturated heterocycles. The van der Waals surface area contributed by atoms with Gasteiger partial charge in [-0.15, -0.1) is 0 Å². The van der Waals surface area contributed by atoms with Crippen LogP contribution in [0.5, 0.6) is 0 Å². The Kier molecular flexibility index (Phi) is 10.3. The van der Waals surface area contributed by atoms with E-state index in [2.05, 4.69) is 30.9 Å². The number of hydrogen-bond donors (Lipinski definition) is 6. The highest BCUT2D eigenvalue weighted by Crippen LogP contribution is 2.02. The lowest BCUT2D eigenvalue weighted by Gasteiger charge is -2.18. The van der Waals surface area contributed by atoms with E-state index >= 15 is 0 Å². The van der Waals surface area contributed by atoms with E-state index in [4.69, 9.17) is 15.3 Å². The molecule has 0 bridgehead atoms. The van der Waals surface area contributed by atoms with Crippen molar-refractivity contribution in [2.45, 2.75) is 58.2 Å². The van der Waals surface area contributed by atoms with Crippen LogP contribution in [0.4, 0.5) is 0 Å². The Morgan fingerprint density at radius 2 is 1.13 bits per heavy atom. The van der Waals surface area contributed by atoms with E-state index in [1.807, 2.05) is 0 Å². The van der Waals surface area contributed by atoms with Gasteiger partial charge in [0.05, 0.1) is 24.1 Å². The van der Waals surface area contributed by atoms with Crippen molar-refractivity contribution in [1.29, 1.82) is 0 Å². The topological polar surface area (TPSA) is 185 Å². The number of carboxylic acid groups (broad SMARTS) is 3. The molecule has 3 heterocycles. The summed E-state index contributed by atoms with van der Waals surface area (Å²) in [7, 11) is 0. The highest BCUT2D eigenvalue weighted by Gasteiger charge is 2.21. The molecule has 0 unspecified atom stereocenters. The van der Waals surface area contributed by atoms with E-state index < -0.39 is 36.0 Å². The van der Waals surface area contributed by atoms with Crippen molar-refractivity contribution < 1.29 is 29.7 Å². The van der Waals surface area contributed by atoms with Crippen LogP contribution in [-0.2, 0) is 14.4 Å². The van der Waals surface area contributed by atoms with Gasteiger partial charge < -0.3 is 31.3 Å². The second-order valence-electron chi connectivity index (χ2n) is 6.90. The Labute approximate surface area is 174 Å². The lowest BCUT2D eigenvalue weighted by molar-refractivity contribution is -0.140. The molecular formula is C18H30N6O6. The normalized spacial score (nSPS) is 24.9. The van der Waals surface area contributed by atoms with Gasteiger partial charge in [-0.05, 0) is 40.0 Å². The SMILES string of the molecule is CC1=NCCC[C@H](C(=O)O)N1.CC1=NCC[C@H](C(=O)O)N1.CC1=NC[C@H](C(=O)O)N1. The van der Waals surface area contributed by atoms with Crippen molar-refractivity contribution in [3.05, 3.63) is 0 Å². The van der Waals surface area contributed by atoms with Crippen LogP contribution in [0.3, 0.4) is 0 Å². The summed E-state index contributed by atoms with van der Waals surface area (Å²) >= 11 is 0. The van der Waals surface area contributed by atoms with E-state index in [0.29, 0.717) is 31.8 Å². The molecule has 168 valence electrons. The van der Waals surface area contributed by atoms with Crippen molar-refractivity contribution in [2.24, 2.45) is 15.0 Å². The summed E-state index contributed by atoms with van der Waals surface area (Å²) in [6.07, 6.45) is 2.10. The average molecular weight is 426 g/mol. The minimum Gasteiger partial charge on any atom is -0.480 e. The van der Waals surface area contributed by atoms with Crippen molar-refractivity contribution in [2.75, 3.05) is 19.6 Å². The quantitative estimate of drug-likeness (QED) is 0.348. The van der Waals surface area contributed by atoms with Crippen molar-refractivity contribution in [1.82, 2.24) is 16.0 Å². The Morgan fingerprint density at radius 3 is 1.57 bits per heavy atom. The number of rotatable bonds is 3. The Bertz CT molecular complexity index is 720. The van der Waals surface area contributed by atoms with Gasteiger partial charge >= 0.3 is 17.9 Å². The summed E-state index contributed by atoms with van der Waals surface area (Å²) in [6, 6.07) is -1.37. The van der Waals surface area contributed by atoms with Crippen LogP contribution in [0.2, 0.25) is 0 Å². The molecule has 0 amide bonds. The molecule has 0 aromatic carbocycles. The first kappa shape index (κ1) is 24.9. The minimum atomic E-state index is -0.837. The van der Waals surface area contributed by atoms with Crippen molar-refractivity contribution in [3.8, 4) is 0 Å². The second kappa shape index (κ2) is 12.4. The van der Waals surface area contributed by atoms with Gasteiger partial charge in [0.2, 0.25) is 0 Å². The maximum Gasteiger partial charge on any atom is 0.328 e. The molecule has 6 N–H and O–H groups in total. The maximum atomic E-state index is 10.5. The predicted molar refractivity (Wildman–Crippen MR) is 111 cm³/mol. The van der Waals surface area contributed by atoms with Crippen LogP contribution in [0.15, 0.2) is 15.0 Å². The summed E-state index contributed by atoms with van der Waals surface area (Å²) < 4.78 is 0. The first-order chi connectivity index (χ1) is 14.1. The van der Waals surface area contributed by atoms with Gasteiger partial charge in [-0.3, -0.25) is 15.0 Å². The Balaban J connectivity index is 0.000000226. The van der Waals surface area contributed by atoms with Gasteiger partial charge in [0.1, 0.15) is 18.1 Å². The molecule has 0 saturated carbocycles. The molecule has 0 spiro atoms. The summed E-state index contributed by atoms with van der Waals surface area (Å²) in [4.78, 5) is 43.1. The van der Waals surface area contributed by atoms with E-state index in [1.165, 1.54) is 0 Å². The number of amidine groups is 3. The number of hydrogen-bond acceptors (Lipinski definition) is 9. The van der Waals surface area contributed by atoms with Gasteiger partial charge in [0.25, 0.3) is 0 Å². The monoisotopic (exact) mass is 426 g/mol. The molecule has 30 heavy (non-hydrogen) atoms. The summed E-state index contributed by atoms with van der Waals surface area (Å²) in [6.45, 7) is 7.04. The standard InChI is InChI=1S/C7H12N2O2.C6H10N2O2.C5H8N2O2/c1-5-8-4-2-3-6(9-5)7(10)11;1-4-7-3-2-5(8-4)6(9)10;1-3-6-2-4(7-3)5(8)9/h6H,2-4H2,1H3,(H,8,9)(H,10,11);5H,2-3H2,1H3,(H,7,8)(H,9,10);4H,2H2,1H3,(H,6,7)(H,8,9)/t6-;5-;4-/m111/s1. The molecule has 3 rings (SSSR count). The highest BCUT2D eigenvalue weighted by atomic mass is 16.4. The fourth-order valence-electron chi connectivity index (χ4n) is 2.73. The molecular weight excluding hydrogens is 396 g/mol. The number of aliphatic carboxylic acids is 3. The van der Waals surface area contributed by atoms with Gasteiger partial charge in [0.15, 0.2) is 0 Å². The van der Waals surface area contributed by atoms with E-state index in [0.717, 1.165) is 24.6 Å². The maximum absolute atomic E-state index is 10.5. The van der Waals surface area contributed by atoms with Crippen LogP contribution in [0.25, 0.3) is 0 Å². The number of carbonyl (C=O) groups is 3. The molecule has 3 aliphatic rings. The zero-order chi connectivity index (χ0) is 22.7. The van der Waals surface area contributed by atoms with Gasteiger partial charge in [0, 0.05) is 13.1 Å². The predicted octanol–water partition coefficient (Wildman–Crippen LogP) is -0.446. The summed E-state index contributed by atoms with van der Waals surface area (Å²) in [5.41, 5.74) is 0. The first-order valence-electron chi connectivity index (χ1n) is 9.61. The second-order valence-corrected chi connectivity index (χ2v) is 6.90. The van der Waals surface area contributed by atoms with Crippen LogP contribution in [-0.4, -0.2) is 88.5 Å². The molecule has 12 heteroatoms. The summed E-state index contributed by atoms with van der Waals surface area (Å²) in [5, 5.41) is 33.9.